The fourth-order valence-corrected chi connectivity index (χ4v) is 0.938. The molecule has 0 atom stereocenters. The molecule has 3 nitrogen and oxygen atoms in total. The molecule has 14 heavy (non-hydrogen) atoms. The zero-order chi connectivity index (χ0) is 11.1. The van der Waals surface area contributed by atoms with Crippen LogP contribution in [0, 0.1) is 6.92 Å². The van der Waals surface area contributed by atoms with Crippen molar-refractivity contribution in [3.05, 3.63) is 34.3 Å². The van der Waals surface area contributed by atoms with Gasteiger partial charge in [-0.3, -0.25) is 4.79 Å². The van der Waals surface area contributed by atoms with E-state index >= 15 is 0 Å². The first-order chi connectivity index (χ1) is 6.47. The zero-order valence-electron chi connectivity index (χ0n) is 8.12. The second-order valence-electron chi connectivity index (χ2n) is 2.76. The predicted molar refractivity (Wildman–Crippen MR) is 55.4 cm³/mol. The molecule has 0 aliphatic carbocycles. The van der Waals surface area contributed by atoms with E-state index in [0.717, 1.165) is 18.1 Å². The first kappa shape index (κ1) is 12.9. The van der Waals surface area contributed by atoms with E-state index in [-0.39, 0.29) is 6.61 Å². The molecule has 0 aromatic heterocycles. The highest BCUT2D eigenvalue weighted by Crippen LogP contribution is 2.16. The van der Waals surface area contributed by atoms with E-state index in [1.54, 1.807) is 6.07 Å². The molecule has 1 rings (SSSR count). The highest BCUT2D eigenvalue weighted by molar-refractivity contribution is 6.31. The Labute approximate surface area is 88.0 Å². The van der Waals surface area contributed by atoms with Gasteiger partial charge in [-0.1, -0.05) is 23.7 Å². The molecule has 0 fully saturated rings. The Morgan fingerprint density at radius 1 is 1.50 bits per heavy atom. The fourth-order valence-electron chi connectivity index (χ4n) is 0.735. The van der Waals surface area contributed by atoms with Gasteiger partial charge < -0.3 is 10.2 Å². The molecule has 0 unspecified atom stereocenters. The number of halogens is 1. The number of carbonyl (C=O) groups is 1. The smallest absolute Gasteiger partial charge is 0.300 e. The van der Waals surface area contributed by atoms with Crippen molar-refractivity contribution in [2.75, 3.05) is 0 Å². The van der Waals surface area contributed by atoms with Crippen molar-refractivity contribution < 1.29 is 15.0 Å². The summed E-state index contributed by atoms with van der Waals surface area (Å²) in [5.74, 6) is -0.833. The molecule has 4 heteroatoms. The van der Waals surface area contributed by atoms with Crippen LogP contribution < -0.4 is 0 Å². The minimum Gasteiger partial charge on any atom is -0.481 e. The molecular formula is C10H13ClO3. The molecule has 0 spiro atoms. The van der Waals surface area contributed by atoms with Gasteiger partial charge >= 0.3 is 0 Å². The van der Waals surface area contributed by atoms with Gasteiger partial charge in [0.2, 0.25) is 0 Å². The van der Waals surface area contributed by atoms with E-state index in [1.807, 2.05) is 19.1 Å². The van der Waals surface area contributed by atoms with Crippen molar-refractivity contribution in [2.24, 2.45) is 0 Å². The van der Waals surface area contributed by atoms with Gasteiger partial charge in [-0.25, -0.2) is 0 Å². The Kier molecular flexibility index (Phi) is 5.92. The van der Waals surface area contributed by atoms with Gasteiger partial charge in [-0.2, -0.15) is 0 Å². The predicted octanol–water partition coefficient (Wildman–Crippen LogP) is 2.23. The molecule has 0 saturated heterocycles. The number of aliphatic hydroxyl groups is 1. The van der Waals surface area contributed by atoms with Gasteiger partial charge in [0.25, 0.3) is 5.97 Å². The lowest BCUT2D eigenvalue weighted by molar-refractivity contribution is -0.134. The number of aryl methyl sites for hydroxylation is 1. The van der Waals surface area contributed by atoms with Crippen LogP contribution >= 0.6 is 11.6 Å². The third kappa shape index (κ3) is 5.56. The summed E-state index contributed by atoms with van der Waals surface area (Å²) in [7, 11) is 0. The van der Waals surface area contributed by atoms with Crippen LogP contribution in [0.3, 0.4) is 0 Å². The van der Waals surface area contributed by atoms with Crippen molar-refractivity contribution in [1.29, 1.82) is 0 Å². The summed E-state index contributed by atoms with van der Waals surface area (Å²) in [6.07, 6.45) is 0. The number of carboxylic acids is 1. The molecule has 0 aliphatic heterocycles. The number of aliphatic hydroxyl groups excluding tert-OH is 1. The molecular weight excluding hydrogens is 204 g/mol. The lowest BCUT2D eigenvalue weighted by Gasteiger charge is -1.98. The molecule has 0 heterocycles. The van der Waals surface area contributed by atoms with Crippen LogP contribution in [0.1, 0.15) is 18.1 Å². The SMILES string of the molecule is CC(=O)O.Cc1ccc(CO)cc1Cl. The Morgan fingerprint density at radius 3 is 2.36 bits per heavy atom. The van der Waals surface area contributed by atoms with Crippen molar-refractivity contribution in [2.45, 2.75) is 20.5 Å². The topological polar surface area (TPSA) is 57.5 Å². The number of benzene rings is 1. The minimum absolute atomic E-state index is 0.0556. The molecule has 0 saturated carbocycles. The Bertz CT molecular complexity index is 306. The largest absolute Gasteiger partial charge is 0.481 e. The number of aliphatic carboxylic acids is 1. The van der Waals surface area contributed by atoms with Gasteiger partial charge in [0.1, 0.15) is 0 Å². The van der Waals surface area contributed by atoms with E-state index in [0.29, 0.717) is 5.02 Å². The lowest BCUT2D eigenvalue weighted by atomic mass is 10.2. The molecule has 1 aromatic carbocycles. The van der Waals surface area contributed by atoms with Gasteiger partial charge in [0, 0.05) is 11.9 Å². The Balaban J connectivity index is 0.000000364. The maximum atomic E-state index is 9.00. The molecule has 78 valence electrons. The van der Waals surface area contributed by atoms with Crippen LogP contribution in [0.25, 0.3) is 0 Å². The first-order valence-corrected chi connectivity index (χ1v) is 4.40. The third-order valence-corrected chi connectivity index (χ3v) is 1.83. The van der Waals surface area contributed by atoms with Gasteiger partial charge in [0.15, 0.2) is 0 Å². The fraction of sp³-hybridized carbons (Fsp3) is 0.300. The van der Waals surface area contributed by atoms with Crippen LogP contribution in [-0.4, -0.2) is 16.2 Å². The number of rotatable bonds is 1. The highest BCUT2D eigenvalue weighted by Gasteiger charge is 1.94. The van der Waals surface area contributed by atoms with Crippen LogP contribution in [-0.2, 0) is 11.4 Å². The summed E-state index contributed by atoms with van der Waals surface area (Å²) in [6, 6.07) is 5.53. The Morgan fingerprint density at radius 2 is 2.00 bits per heavy atom. The highest BCUT2D eigenvalue weighted by atomic mass is 35.5. The van der Waals surface area contributed by atoms with Gasteiger partial charge in [0.05, 0.1) is 6.61 Å². The second kappa shape index (κ2) is 6.40. The number of hydrogen-bond acceptors (Lipinski definition) is 2. The van der Waals surface area contributed by atoms with Gasteiger partial charge in [-0.15, -0.1) is 0 Å². The van der Waals surface area contributed by atoms with E-state index in [1.165, 1.54) is 0 Å². The van der Waals surface area contributed by atoms with Crippen LogP contribution in [0.15, 0.2) is 18.2 Å². The summed E-state index contributed by atoms with van der Waals surface area (Å²) in [4.78, 5) is 9.00. The molecule has 2 N–H and O–H groups in total. The van der Waals surface area contributed by atoms with Crippen LogP contribution in [0.4, 0.5) is 0 Å². The molecule has 0 amide bonds. The minimum atomic E-state index is -0.833. The monoisotopic (exact) mass is 216 g/mol. The zero-order valence-corrected chi connectivity index (χ0v) is 8.88. The molecule has 0 radical (unpaired) electrons. The standard InChI is InChI=1S/C8H9ClO.C2H4O2/c1-6-2-3-7(5-10)4-8(6)9;1-2(3)4/h2-4,10H,5H2,1H3;1H3,(H,3,4). The van der Waals surface area contributed by atoms with E-state index in [9.17, 15) is 0 Å². The van der Waals surface area contributed by atoms with Crippen molar-refractivity contribution in [3.8, 4) is 0 Å². The maximum Gasteiger partial charge on any atom is 0.300 e. The number of hydrogen-bond donors (Lipinski definition) is 2. The van der Waals surface area contributed by atoms with E-state index in [4.69, 9.17) is 26.6 Å². The first-order valence-electron chi connectivity index (χ1n) is 4.02. The molecule has 0 bridgehead atoms. The van der Waals surface area contributed by atoms with Crippen molar-refractivity contribution >= 4 is 17.6 Å². The molecule has 1 aromatic rings. The summed E-state index contributed by atoms with van der Waals surface area (Å²) >= 11 is 5.78. The normalized spacial score (nSPS) is 8.86. The van der Waals surface area contributed by atoms with Crippen LogP contribution in [0.5, 0.6) is 0 Å². The summed E-state index contributed by atoms with van der Waals surface area (Å²) < 4.78 is 0. The lowest BCUT2D eigenvalue weighted by Crippen LogP contribution is -1.83. The Hall–Kier alpha value is -1.06. The maximum absolute atomic E-state index is 9.00. The quantitative estimate of drug-likeness (QED) is 0.757. The summed E-state index contributed by atoms with van der Waals surface area (Å²) in [5.41, 5.74) is 1.90. The number of carboxylic acid groups (broad SMARTS) is 1. The summed E-state index contributed by atoms with van der Waals surface area (Å²) in [5, 5.41) is 16.8. The van der Waals surface area contributed by atoms with Gasteiger partial charge in [-0.05, 0) is 24.1 Å². The summed E-state index contributed by atoms with van der Waals surface area (Å²) in [6.45, 7) is 3.07. The van der Waals surface area contributed by atoms with E-state index in [2.05, 4.69) is 0 Å². The van der Waals surface area contributed by atoms with Crippen molar-refractivity contribution in [3.63, 3.8) is 0 Å². The average Bonchev–Trinajstić information content (AvgIpc) is 2.09. The van der Waals surface area contributed by atoms with Crippen molar-refractivity contribution in [1.82, 2.24) is 0 Å². The second-order valence-corrected chi connectivity index (χ2v) is 3.17. The van der Waals surface area contributed by atoms with Crippen LogP contribution in [0.2, 0.25) is 5.02 Å². The van der Waals surface area contributed by atoms with E-state index < -0.39 is 5.97 Å². The molecule has 0 aliphatic rings. The average molecular weight is 217 g/mol. The third-order valence-electron chi connectivity index (χ3n) is 1.42.